The lowest BCUT2D eigenvalue weighted by Gasteiger charge is -1.94. The highest BCUT2D eigenvalue weighted by Gasteiger charge is 1.90. The van der Waals surface area contributed by atoms with Crippen LogP contribution in [0.4, 0.5) is 4.79 Å². The molecule has 0 aliphatic carbocycles. The van der Waals surface area contributed by atoms with Crippen molar-refractivity contribution in [1.82, 2.24) is 5.32 Å². The van der Waals surface area contributed by atoms with Crippen LogP contribution in [0.2, 0.25) is 0 Å². The van der Waals surface area contributed by atoms with Gasteiger partial charge in [0.1, 0.15) is 0 Å². The van der Waals surface area contributed by atoms with Crippen LogP contribution < -0.4 is 5.32 Å². The van der Waals surface area contributed by atoms with Gasteiger partial charge in [0.2, 0.25) is 0 Å². The third kappa shape index (κ3) is 6.87. The van der Waals surface area contributed by atoms with Gasteiger partial charge in [0, 0.05) is 6.54 Å². The van der Waals surface area contributed by atoms with Crippen molar-refractivity contribution in [3.8, 4) is 0 Å². The molecular formula is C4H9N3O2. The summed E-state index contributed by atoms with van der Waals surface area (Å²) in [5.74, 6) is 0. The van der Waals surface area contributed by atoms with Crippen LogP contribution in [-0.4, -0.2) is 24.3 Å². The monoisotopic (exact) mass is 131 g/mol. The molecule has 0 atom stereocenters. The number of nitrogens with one attached hydrogen (secondary N) is 2. The zero-order valence-electron chi connectivity index (χ0n) is 4.92. The Morgan fingerprint density at radius 1 is 1.78 bits per heavy atom. The average Bonchev–Trinajstić information content (AvgIpc) is 1.80. The molecule has 1 amide bonds. The summed E-state index contributed by atoms with van der Waals surface area (Å²) >= 11 is 0. The normalized spacial score (nSPS) is 8.44. The SMILES string of the molecule is N=NCCCNC(=O)O. The highest BCUT2D eigenvalue weighted by Crippen LogP contribution is 1.76. The van der Waals surface area contributed by atoms with E-state index in [0.29, 0.717) is 19.5 Å². The molecule has 9 heavy (non-hydrogen) atoms. The van der Waals surface area contributed by atoms with Crippen LogP contribution in [0, 0.1) is 5.53 Å². The Kier molecular flexibility index (Phi) is 4.39. The quantitative estimate of drug-likeness (QED) is 0.387. The fourth-order valence-corrected chi connectivity index (χ4v) is 0.353. The van der Waals surface area contributed by atoms with Gasteiger partial charge in [-0.15, -0.1) is 0 Å². The minimum Gasteiger partial charge on any atom is -0.465 e. The van der Waals surface area contributed by atoms with Crippen LogP contribution in [0.3, 0.4) is 0 Å². The first kappa shape index (κ1) is 7.87. The summed E-state index contributed by atoms with van der Waals surface area (Å²) in [7, 11) is 0. The van der Waals surface area contributed by atoms with E-state index in [2.05, 4.69) is 10.4 Å². The Balaban J connectivity index is 2.91. The number of hydrogen-bond acceptors (Lipinski definition) is 3. The molecule has 0 rings (SSSR count). The Hall–Kier alpha value is -1.13. The fraction of sp³-hybridized carbons (Fsp3) is 0.750. The van der Waals surface area contributed by atoms with Crippen LogP contribution in [0.15, 0.2) is 5.11 Å². The second-order valence-electron chi connectivity index (χ2n) is 1.47. The Bertz CT molecular complexity index is 104. The first-order valence-electron chi connectivity index (χ1n) is 2.57. The van der Waals surface area contributed by atoms with Gasteiger partial charge in [-0.2, -0.15) is 5.11 Å². The Morgan fingerprint density at radius 3 is 2.89 bits per heavy atom. The van der Waals surface area contributed by atoms with E-state index in [9.17, 15) is 4.79 Å². The number of carbonyl (C=O) groups is 1. The Labute approximate surface area is 52.6 Å². The van der Waals surface area contributed by atoms with Gasteiger partial charge in [0.15, 0.2) is 0 Å². The minimum atomic E-state index is -1.03. The predicted molar refractivity (Wildman–Crippen MR) is 30.7 cm³/mol. The first-order chi connectivity index (χ1) is 4.27. The second kappa shape index (κ2) is 5.02. The van der Waals surface area contributed by atoms with Gasteiger partial charge in [-0.3, -0.25) is 0 Å². The maximum Gasteiger partial charge on any atom is 0.404 e. The van der Waals surface area contributed by atoms with Gasteiger partial charge in [0.25, 0.3) is 0 Å². The van der Waals surface area contributed by atoms with Gasteiger partial charge in [0.05, 0.1) is 6.54 Å². The number of rotatable bonds is 4. The summed E-state index contributed by atoms with van der Waals surface area (Å²) in [4.78, 5) is 9.77. The van der Waals surface area contributed by atoms with E-state index in [4.69, 9.17) is 10.6 Å². The molecule has 5 nitrogen and oxygen atoms in total. The molecule has 0 bridgehead atoms. The zero-order chi connectivity index (χ0) is 7.11. The predicted octanol–water partition coefficient (Wildman–Crippen LogP) is 0.675. The maximum absolute atomic E-state index is 9.77. The van der Waals surface area contributed by atoms with E-state index in [0.717, 1.165) is 0 Å². The molecule has 0 saturated carbocycles. The Morgan fingerprint density at radius 2 is 2.44 bits per heavy atom. The van der Waals surface area contributed by atoms with Crippen LogP contribution in [0.25, 0.3) is 0 Å². The van der Waals surface area contributed by atoms with Crippen molar-refractivity contribution in [3.05, 3.63) is 0 Å². The lowest BCUT2D eigenvalue weighted by atomic mass is 10.4. The molecule has 0 saturated heterocycles. The summed E-state index contributed by atoms with van der Waals surface area (Å²) in [5, 5.41) is 13.2. The molecule has 52 valence electrons. The summed E-state index contributed by atoms with van der Waals surface area (Å²) in [6.45, 7) is 0.762. The lowest BCUT2D eigenvalue weighted by molar-refractivity contribution is 0.194. The van der Waals surface area contributed by atoms with Crippen LogP contribution in [0.1, 0.15) is 6.42 Å². The van der Waals surface area contributed by atoms with Crippen molar-refractivity contribution < 1.29 is 9.90 Å². The molecule has 3 N–H and O–H groups in total. The molecule has 0 aliphatic rings. The summed E-state index contributed by atoms with van der Waals surface area (Å²) < 4.78 is 0. The standard InChI is InChI=1S/C4H9N3O2/c5-7-3-1-2-6-4(8)9/h5-6H,1-3H2,(H,8,9). The van der Waals surface area contributed by atoms with E-state index in [1.165, 1.54) is 0 Å². The number of nitrogens with zero attached hydrogens (tertiary/aromatic N) is 1. The molecule has 0 radical (unpaired) electrons. The molecule has 0 heterocycles. The molecule has 0 aromatic heterocycles. The molecule has 0 aromatic carbocycles. The van der Waals surface area contributed by atoms with Crippen molar-refractivity contribution in [2.24, 2.45) is 5.11 Å². The van der Waals surface area contributed by atoms with Crippen molar-refractivity contribution in [3.63, 3.8) is 0 Å². The summed E-state index contributed by atoms with van der Waals surface area (Å²) in [6, 6.07) is 0. The van der Waals surface area contributed by atoms with Gasteiger partial charge >= 0.3 is 6.09 Å². The maximum atomic E-state index is 9.77. The number of hydrogen-bond donors (Lipinski definition) is 3. The third-order valence-corrected chi connectivity index (χ3v) is 0.723. The molecule has 5 heteroatoms. The third-order valence-electron chi connectivity index (χ3n) is 0.723. The van der Waals surface area contributed by atoms with Crippen molar-refractivity contribution in [2.75, 3.05) is 13.1 Å². The van der Waals surface area contributed by atoms with Gasteiger partial charge < -0.3 is 10.4 Å². The topological polar surface area (TPSA) is 85.5 Å². The van der Waals surface area contributed by atoms with E-state index in [-0.39, 0.29) is 0 Å². The smallest absolute Gasteiger partial charge is 0.404 e. The molecule has 0 unspecified atom stereocenters. The molecule has 0 fully saturated rings. The van der Waals surface area contributed by atoms with E-state index in [1.807, 2.05) is 0 Å². The van der Waals surface area contributed by atoms with Crippen LogP contribution in [-0.2, 0) is 0 Å². The van der Waals surface area contributed by atoms with Crippen molar-refractivity contribution in [1.29, 1.82) is 5.53 Å². The lowest BCUT2D eigenvalue weighted by Crippen LogP contribution is -2.22. The van der Waals surface area contributed by atoms with E-state index < -0.39 is 6.09 Å². The van der Waals surface area contributed by atoms with E-state index in [1.54, 1.807) is 0 Å². The second-order valence-corrected chi connectivity index (χ2v) is 1.47. The highest BCUT2D eigenvalue weighted by atomic mass is 16.4. The minimum absolute atomic E-state index is 0.373. The van der Waals surface area contributed by atoms with Crippen LogP contribution >= 0.6 is 0 Å². The van der Waals surface area contributed by atoms with Gasteiger partial charge in [-0.1, -0.05) is 0 Å². The van der Waals surface area contributed by atoms with Gasteiger partial charge in [-0.05, 0) is 6.42 Å². The molecule has 0 aliphatic heterocycles. The van der Waals surface area contributed by atoms with Gasteiger partial charge in [-0.25, -0.2) is 10.3 Å². The number of amides is 1. The molecular weight excluding hydrogens is 122 g/mol. The first-order valence-corrected chi connectivity index (χ1v) is 2.57. The van der Waals surface area contributed by atoms with E-state index >= 15 is 0 Å². The van der Waals surface area contributed by atoms with Crippen molar-refractivity contribution >= 4 is 6.09 Å². The fourth-order valence-electron chi connectivity index (χ4n) is 0.353. The molecule has 0 spiro atoms. The number of carboxylic acid groups (broad SMARTS) is 1. The molecule has 0 aromatic rings. The zero-order valence-corrected chi connectivity index (χ0v) is 4.92. The summed E-state index contributed by atoms with van der Waals surface area (Å²) in [6.07, 6.45) is -0.435. The van der Waals surface area contributed by atoms with Crippen LogP contribution in [0.5, 0.6) is 0 Å². The summed E-state index contributed by atoms with van der Waals surface area (Å²) in [5.41, 5.74) is 6.34. The average molecular weight is 131 g/mol. The highest BCUT2D eigenvalue weighted by molar-refractivity contribution is 5.64. The largest absolute Gasteiger partial charge is 0.465 e. The van der Waals surface area contributed by atoms with Crippen molar-refractivity contribution in [2.45, 2.75) is 6.42 Å².